The van der Waals surface area contributed by atoms with E-state index < -0.39 is 29.0 Å². The van der Waals surface area contributed by atoms with Crippen molar-refractivity contribution in [3.63, 3.8) is 0 Å². The summed E-state index contributed by atoms with van der Waals surface area (Å²) in [5, 5.41) is 9.97. The summed E-state index contributed by atoms with van der Waals surface area (Å²) in [5.41, 5.74) is 0.714. The van der Waals surface area contributed by atoms with Gasteiger partial charge in [-0.15, -0.1) is 0 Å². The van der Waals surface area contributed by atoms with Gasteiger partial charge in [-0.05, 0) is 41.3 Å². The Hall–Kier alpha value is -3.26. The average Bonchev–Trinajstić information content (AvgIpc) is 3.24. The van der Waals surface area contributed by atoms with Crippen molar-refractivity contribution in [3.05, 3.63) is 76.6 Å². The summed E-state index contributed by atoms with van der Waals surface area (Å²) in [5.74, 6) is -2.77. The number of esters is 1. The van der Waals surface area contributed by atoms with Crippen LogP contribution in [0.2, 0.25) is 0 Å². The molecular weight excluding hydrogens is 393 g/mol. The molecule has 0 spiro atoms. The highest BCUT2D eigenvalue weighted by Crippen LogP contribution is 2.60. The van der Waals surface area contributed by atoms with Gasteiger partial charge in [-0.3, -0.25) is 4.79 Å². The van der Waals surface area contributed by atoms with Gasteiger partial charge in [-0.25, -0.2) is 9.18 Å². The molecule has 5 heteroatoms. The van der Waals surface area contributed by atoms with Crippen molar-refractivity contribution in [2.45, 2.75) is 43.9 Å². The van der Waals surface area contributed by atoms with Crippen molar-refractivity contribution in [2.24, 2.45) is 5.92 Å². The van der Waals surface area contributed by atoms with E-state index >= 15 is 0 Å². The molecule has 0 N–H and O–H groups in total. The van der Waals surface area contributed by atoms with Gasteiger partial charge in [0.1, 0.15) is 5.83 Å². The number of benzene rings is 2. The summed E-state index contributed by atoms with van der Waals surface area (Å²) in [4.78, 5) is 25.4. The van der Waals surface area contributed by atoms with E-state index in [9.17, 15) is 19.2 Å². The zero-order valence-corrected chi connectivity index (χ0v) is 17.4. The van der Waals surface area contributed by atoms with E-state index in [4.69, 9.17) is 4.74 Å². The molecule has 0 aliphatic heterocycles. The van der Waals surface area contributed by atoms with Crippen LogP contribution < -0.4 is 0 Å². The molecule has 31 heavy (non-hydrogen) atoms. The van der Waals surface area contributed by atoms with Crippen molar-refractivity contribution >= 4 is 17.8 Å². The predicted molar refractivity (Wildman–Crippen MR) is 115 cm³/mol. The van der Waals surface area contributed by atoms with E-state index in [-0.39, 0.29) is 5.78 Å². The maximum absolute atomic E-state index is 14.8. The molecular formula is C26H24FNO3. The molecule has 1 fully saturated rings. The van der Waals surface area contributed by atoms with Crippen LogP contribution in [-0.2, 0) is 14.9 Å². The molecule has 1 saturated carbocycles. The lowest BCUT2D eigenvalue weighted by Gasteiger charge is -2.14. The van der Waals surface area contributed by atoms with Gasteiger partial charge in [0.15, 0.2) is 11.2 Å². The number of rotatable bonds is 8. The fourth-order valence-corrected chi connectivity index (χ4v) is 4.56. The van der Waals surface area contributed by atoms with Gasteiger partial charge in [0, 0.05) is 5.92 Å². The standard InChI is InChI=1S/C26H24FNO3/c1-2-3-4-7-13-31-25(30)18-10-8-11-19(14-18)26(16-28)23(24(26)29)22-20-12-6-5-9-17(20)15-21(22)27/h5-6,8-12,14-15,22-23H,2-4,7,13H2,1H3. The number of hydrogen-bond donors (Lipinski definition) is 0. The van der Waals surface area contributed by atoms with Crippen molar-refractivity contribution in [1.82, 2.24) is 0 Å². The van der Waals surface area contributed by atoms with Gasteiger partial charge in [-0.1, -0.05) is 62.6 Å². The normalized spacial score (nSPS) is 23.6. The number of hydrogen-bond acceptors (Lipinski definition) is 4. The Morgan fingerprint density at radius 3 is 2.74 bits per heavy atom. The molecule has 2 aromatic carbocycles. The number of carbonyl (C=O) groups excluding carboxylic acids is 2. The third-order valence-electron chi connectivity index (χ3n) is 6.27. The smallest absolute Gasteiger partial charge is 0.338 e. The number of carbonyl (C=O) groups is 2. The molecule has 3 atom stereocenters. The Labute approximate surface area is 181 Å². The SMILES string of the molecule is CCCCCCOC(=O)c1cccc(C2(C#N)C(=O)C2C2C(F)=Cc3ccccc32)c1. The Morgan fingerprint density at radius 1 is 1.16 bits per heavy atom. The lowest BCUT2D eigenvalue weighted by molar-refractivity contribution is -0.112. The lowest BCUT2D eigenvalue weighted by Crippen LogP contribution is -2.14. The summed E-state index contributed by atoms with van der Waals surface area (Å²) in [7, 11) is 0. The first kappa shape index (κ1) is 21.0. The second-order valence-corrected chi connectivity index (χ2v) is 8.17. The molecule has 2 aliphatic carbocycles. The summed E-state index contributed by atoms with van der Waals surface area (Å²) in [6.07, 6.45) is 5.42. The first-order valence-corrected chi connectivity index (χ1v) is 10.7. The molecule has 0 amide bonds. The molecule has 4 rings (SSSR count). The van der Waals surface area contributed by atoms with Crippen LogP contribution in [0.5, 0.6) is 0 Å². The van der Waals surface area contributed by atoms with Gasteiger partial charge >= 0.3 is 5.97 Å². The van der Waals surface area contributed by atoms with Crippen LogP contribution in [0.4, 0.5) is 4.39 Å². The quantitative estimate of drug-likeness (QED) is 0.421. The number of ether oxygens (including phenoxy) is 1. The van der Waals surface area contributed by atoms with Crippen LogP contribution in [0.1, 0.15) is 65.6 Å². The highest BCUT2D eigenvalue weighted by Gasteiger charge is 2.71. The minimum absolute atomic E-state index is 0.295. The highest BCUT2D eigenvalue weighted by molar-refractivity contribution is 6.14. The van der Waals surface area contributed by atoms with E-state index in [0.717, 1.165) is 36.8 Å². The van der Waals surface area contributed by atoms with E-state index in [2.05, 4.69) is 13.0 Å². The predicted octanol–water partition coefficient (Wildman–Crippen LogP) is 5.49. The van der Waals surface area contributed by atoms with E-state index in [1.54, 1.807) is 36.4 Å². The van der Waals surface area contributed by atoms with Crippen LogP contribution in [-0.4, -0.2) is 18.4 Å². The number of ketones is 1. The van der Waals surface area contributed by atoms with E-state index in [1.165, 1.54) is 12.1 Å². The molecule has 0 bridgehead atoms. The minimum atomic E-state index is -1.45. The first-order valence-electron chi connectivity index (χ1n) is 10.7. The second-order valence-electron chi connectivity index (χ2n) is 8.17. The van der Waals surface area contributed by atoms with Crippen LogP contribution in [0, 0.1) is 17.2 Å². The molecule has 2 aromatic rings. The lowest BCUT2D eigenvalue weighted by atomic mass is 9.86. The maximum Gasteiger partial charge on any atom is 0.338 e. The molecule has 4 nitrogen and oxygen atoms in total. The topological polar surface area (TPSA) is 67.2 Å². The van der Waals surface area contributed by atoms with Crippen LogP contribution in [0.25, 0.3) is 6.08 Å². The molecule has 3 unspecified atom stereocenters. The van der Waals surface area contributed by atoms with Gasteiger partial charge in [-0.2, -0.15) is 5.26 Å². The van der Waals surface area contributed by atoms with E-state index in [0.29, 0.717) is 17.7 Å². The summed E-state index contributed by atoms with van der Waals surface area (Å²) in [6.45, 7) is 2.45. The molecule has 0 heterocycles. The number of nitrogens with zero attached hydrogens (tertiary/aromatic N) is 1. The van der Waals surface area contributed by atoms with Gasteiger partial charge in [0.25, 0.3) is 0 Å². The molecule has 158 valence electrons. The number of nitriles is 1. The fourth-order valence-electron chi connectivity index (χ4n) is 4.56. The van der Waals surface area contributed by atoms with Crippen molar-refractivity contribution in [1.29, 1.82) is 5.26 Å². The van der Waals surface area contributed by atoms with Crippen molar-refractivity contribution in [2.75, 3.05) is 6.61 Å². The summed E-state index contributed by atoms with van der Waals surface area (Å²) < 4.78 is 20.1. The molecule has 0 aromatic heterocycles. The highest BCUT2D eigenvalue weighted by atomic mass is 19.1. The fraction of sp³-hybridized carbons (Fsp3) is 0.346. The summed E-state index contributed by atoms with van der Waals surface area (Å²) in [6, 6.07) is 15.8. The first-order chi connectivity index (χ1) is 15.0. The van der Waals surface area contributed by atoms with Crippen LogP contribution in [0.15, 0.2) is 54.4 Å². The van der Waals surface area contributed by atoms with Gasteiger partial charge in [0.2, 0.25) is 0 Å². The molecule has 0 radical (unpaired) electrons. The minimum Gasteiger partial charge on any atom is -0.462 e. The Morgan fingerprint density at radius 2 is 1.97 bits per heavy atom. The van der Waals surface area contributed by atoms with Gasteiger partial charge < -0.3 is 4.74 Å². The Bertz CT molecular complexity index is 1100. The summed E-state index contributed by atoms with van der Waals surface area (Å²) >= 11 is 0. The third-order valence-corrected chi connectivity index (χ3v) is 6.27. The third kappa shape index (κ3) is 3.57. The number of halogens is 1. The van der Waals surface area contributed by atoms with Crippen molar-refractivity contribution < 1.29 is 18.7 Å². The number of unbranched alkanes of at least 4 members (excludes halogenated alkanes) is 3. The Kier molecular flexibility index (Phi) is 5.73. The number of fused-ring (bicyclic) bond motifs is 1. The van der Waals surface area contributed by atoms with E-state index in [1.807, 2.05) is 6.07 Å². The number of allylic oxidation sites excluding steroid dienone is 1. The molecule has 0 saturated heterocycles. The number of Topliss-reactive ketones (excluding diaryl/α,β-unsaturated/α-hetero) is 1. The van der Waals surface area contributed by atoms with Crippen LogP contribution in [0.3, 0.4) is 0 Å². The average molecular weight is 417 g/mol. The van der Waals surface area contributed by atoms with Gasteiger partial charge in [0.05, 0.1) is 24.2 Å². The molecule has 2 aliphatic rings. The Balaban J connectivity index is 1.56. The monoisotopic (exact) mass is 417 g/mol. The maximum atomic E-state index is 14.8. The zero-order chi connectivity index (χ0) is 22.0. The zero-order valence-electron chi connectivity index (χ0n) is 17.4. The largest absolute Gasteiger partial charge is 0.462 e. The second kappa shape index (κ2) is 8.47. The van der Waals surface area contributed by atoms with Crippen molar-refractivity contribution in [3.8, 4) is 6.07 Å². The van der Waals surface area contributed by atoms with Crippen LogP contribution >= 0.6 is 0 Å².